The number of imidazole rings is 1. The molecule has 1 aromatic rings. The lowest BCUT2D eigenvalue weighted by Gasteiger charge is -2.29. The lowest BCUT2D eigenvalue weighted by molar-refractivity contribution is 0.204. The molecule has 4 heteroatoms. The summed E-state index contributed by atoms with van der Waals surface area (Å²) in [6.45, 7) is 5.95. The van der Waals surface area contributed by atoms with E-state index in [0.29, 0.717) is 5.92 Å². The van der Waals surface area contributed by atoms with E-state index in [1.807, 2.05) is 6.33 Å². The SMILES string of the molecule is CN1CCC(Cn2cncc2C2CCNC2)CC1. The van der Waals surface area contributed by atoms with Crippen LogP contribution in [0.15, 0.2) is 12.5 Å². The Morgan fingerprint density at radius 3 is 2.89 bits per heavy atom. The van der Waals surface area contributed by atoms with Gasteiger partial charge < -0.3 is 14.8 Å². The van der Waals surface area contributed by atoms with Crippen LogP contribution in [0.2, 0.25) is 0 Å². The molecule has 2 fully saturated rings. The van der Waals surface area contributed by atoms with Crippen molar-refractivity contribution < 1.29 is 0 Å². The predicted molar refractivity (Wildman–Crippen MR) is 72.7 cm³/mol. The van der Waals surface area contributed by atoms with Gasteiger partial charge in [-0.25, -0.2) is 4.98 Å². The maximum absolute atomic E-state index is 4.37. The van der Waals surface area contributed by atoms with Gasteiger partial charge in [-0.2, -0.15) is 0 Å². The monoisotopic (exact) mass is 248 g/mol. The van der Waals surface area contributed by atoms with Gasteiger partial charge in [-0.15, -0.1) is 0 Å². The molecular weight excluding hydrogens is 224 g/mol. The second-order valence-corrected chi connectivity index (χ2v) is 5.91. The van der Waals surface area contributed by atoms with Gasteiger partial charge in [-0.05, 0) is 51.9 Å². The molecule has 1 aromatic heterocycles. The molecule has 18 heavy (non-hydrogen) atoms. The van der Waals surface area contributed by atoms with E-state index in [9.17, 15) is 0 Å². The summed E-state index contributed by atoms with van der Waals surface area (Å²) in [6.07, 6.45) is 8.03. The normalized spacial score (nSPS) is 26.8. The first-order valence-electron chi connectivity index (χ1n) is 7.22. The molecule has 0 saturated carbocycles. The van der Waals surface area contributed by atoms with Crippen molar-refractivity contribution in [3.63, 3.8) is 0 Å². The Kier molecular flexibility index (Phi) is 3.66. The van der Waals surface area contributed by atoms with Crippen LogP contribution in [-0.2, 0) is 6.54 Å². The largest absolute Gasteiger partial charge is 0.334 e. The zero-order valence-electron chi connectivity index (χ0n) is 11.3. The van der Waals surface area contributed by atoms with Crippen molar-refractivity contribution in [1.82, 2.24) is 19.8 Å². The topological polar surface area (TPSA) is 33.1 Å². The van der Waals surface area contributed by atoms with E-state index in [1.54, 1.807) is 0 Å². The number of likely N-dealkylation sites (tertiary alicyclic amines) is 1. The second-order valence-electron chi connectivity index (χ2n) is 5.91. The van der Waals surface area contributed by atoms with Crippen molar-refractivity contribution in [2.75, 3.05) is 33.2 Å². The third kappa shape index (κ3) is 2.59. The van der Waals surface area contributed by atoms with Gasteiger partial charge in [0.15, 0.2) is 0 Å². The van der Waals surface area contributed by atoms with E-state index in [-0.39, 0.29) is 0 Å². The third-order valence-electron chi connectivity index (χ3n) is 4.52. The molecule has 1 N–H and O–H groups in total. The number of nitrogens with zero attached hydrogens (tertiary/aromatic N) is 3. The molecule has 0 aliphatic carbocycles. The number of piperidine rings is 1. The van der Waals surface area contributed by atoms with Crippen LogP contribution < -0.4 is 5.32 Å². The van der Waals surface area contributed by atoms with Gasteiger partial charge in [0.25, 0.3) is 0 Å². The molecule has 100 valence electrons. The van der Waals surface area contributed by atoms with Gasteiger partial charge in [-0.3, -0.25) is 0 Å². The minimum absolute atomic E-state index is 0.679. The molecule has 4 nitrogen and oxygen atoms in total. The Labute approximate surface area is 109 Å². The summed E-state index contributed by atoms with van der Waals surface area (Å²) in [5.74, 6) is 1.52. The minimum Gasteiger partial charge on any atom is -0.334 e. The second kappa shape index (κ2) is 5.41. The lowest BCUT2D eigenvalue weighted by atomic mass is 9.96. The summed E-state index contributed by atoms with van der Waals surface area (Å²) in [5, 5.41) is 3.45. The Balaban J connectivity index is 1.64. The van der Waals surface area contributed by atoms with E-state index in [4.69, 9.17) is 0 Å². The molecule has 1 unspecified atom stereocenters. The number of nitrogens with one attached hydrogen (secondary N) is 1. The van der Waals surface area contributed by atoms with E-state index >= 15 is 0 Å². The van der Waals surface area contributed by atoms with E-state index in [1.165, 1.54) is 44.6 Å². The first-order valence-corrected chi connectivity index (χ1v) is 7.22. The van der Waals surface area contributed by atoms with Crippen molar-refractivity contribution in [3.8, 4) is 0 Å². The molecule has 0 radical (unpaired) electrons. The van der Waals surface area contributed by atoms with Gasteiger partial charge in [0.05, 0.1) is 6.33 Å². The van der Waals surface area contributed by atoms with Crippen LogP contribution in [0.4, 0.5) is 0 Å². The van der Waals surface area contributed by atoms with Crippen LogP contribution in [0.1, 0.15) is 30.9 Å². The molecule has 0 bridgehead atoms. The Hall–Kier alpha value is -0.870. The predicted octanol–water partition coefficient (Wildman–Crippen LogP) is 1.30. The average molecular weight is 248 g/mol. The molecule has 0 spiro atoms. The van der Waals surface area contributed by atoms with E-state index in [0.717, 1.165) is 19.0 Å². The van der Waals surface area contributed by atoms with Crippen molar-refractivity contribution in [2.45, 2.75) is 31.7 Å². The fourth-order valence-corrected chi connectivity index (χ4v) is 3.25. The van der Waals surface area contributed by atoms with Gasteiger partial charge in [0, 0.05) is 30.9 Å². The third-order valence-corrected chi connectivity index (χ3v) is 4.52. The molecule has 0 aromatic carbocycles. The minimum atomic E-state index is 0.679. The summed E-state index contributed by atoms with van der Waals surface area (Å²) >= 11 is 0. The summed E-state index contributed by atoms with van der Waals surface area (Å²) in [7, 11) is 2.23. The molecule has 3 heterocycles. The van der Waals surface area contributed by atoms with Gasteiger partial charge >= 0.3 is 0 Å². The Morgan fingerprint density at radius 2 is 2.17 bits per heavy atom. The number of hydrogen-bond donors (Lipinski definition) is 1. The summed E-state index contributed by atoms with van der Waals surface area (Å²) in [6, 6.07) is 0. The van der Waals surface area contributed by atoms with Crippen molar-refractivity contribution in [2.24, 2.45) is 5.92 Å². The van der Waals surface area contributed by atoms with Crippen molar-refractivity contribution in [1.29, 1.82) is 0 Å². The maximum atomic E-state index is 4.37. The highest BCUT2D eigenvalue weighted by Crippen LogP contribution is 2.24. The zero-order chi connectivity index (χ0) is 12.4. The molecule has 2 saturated heterocycles. The van der Waals surface area contributed by atoms with Gasteiger partial charge in [-0.1, -0.05) is 0 Å². The average Bonchev–Trinajstić information content (AvgIpc) is 3.02. The first-order chi connectivity index (χ1) is 8.83. The Morgan fingerprint density at radius 1 is 1.33 bits per heavy atom. The maximum Gasteiger partial charge on any atom is 0.0948 e. The number of rotatable bonds is 3. The molecule has 3 rings (SSSR count). The van der Waals surface area contributed by atoms with E-state index < -0.39 is 0 Å². The molecule has 1 atom stereocenters. The van der Waals surface area contributed by atoms with Crippen LogP contribution in [0.3, 0.4) is 0 Å². The zero-order valence-corrected chi connectivity index (χ0v) is 11.3. The highest BCUT2D eigenvalue weighted by Gasteiger charge is 2.22. The van der Waals surface area contributed by atoms with Crippen LogP contribution in [0.5, 0.6) is 0 Å². The standard InChI is InChI=1S/C14H24N4/c1-17-6-3-12(4-7-17)10-18-11-16-9-14(18)13-2-5-15-8-13/h9,11-13,15H,2-8,10H2,1H3. The van der Waals surface area contributed by atoms with E-state index in [2.05, 4.69) is 33.0 Å². The molecular formula is C14H24N4. The number of hydrogen-bond acceptors (Lipinski definition) is 3. The number of aromatic nitrogens is 2. The fraction of sp³-hybridized carbons (Fsp3) is 0.786. The quantitative estimate of drug-likeness (QED) is 0.875. The van der Waals surface area contributed by atoms with Crippen LogP contribution in [0.25, 0.3) is 0 Å². The van der Waals surface area contributed by atoms with Crippen LogP contribution in [0, 0.1) is 5.92 Å². The van der Waals surface area contributed by atoms with Crippen molar-refractivity contribution >= 4 is 0 Å². The smallest absolute Gasteiger partial charge is 0.0948 e. The first kappa shape index (κ1) is 12.2. The van der Waals surface area contributed by atoms with Crippen molar-refractivity contribution in [3.05, 3.63) is 18.2 Å². The fourth-order valence-electron chi connectivity index (χ4n) is 3.25. The van der Waals surface area contributed by atoms with Gasteiger partial charge in [0.2, 0.25) is 0 Å². The Bertz CT molecular complexity index is 373. The van der Waals surface area contributed by atoms with Crippen LogP contribution >= 0.6 is 0 Å². The summed E-state index contributed by atoms with van der Waals surface area (Å²) in [5.41, 5.74) is 1.44. The molecule has 2 aliphatic rings. The summed E-state index contributed by atoms with van der Waals surface area (Å²) < 4.78 is 2.41. The highest BCUT2D eigenvalue weighted by atomic mass is 15.1. The van der Waals surface area contributed by atoms with Crippen LogP contribution in [-0.4, -0.2) is 47.7 Å². The molecule has 0 amide bonds. The highest BCUT2D eigenvalue weighted by molar-refractivity contribution is 5.09. The molecule has 2 aliphatic heterocycles. The lowest BCUT2D eigenvalue weighted by Crippen LogP contribution is -2.32. The summed E-state index contributed by atoms with van der Waals surface area (Å²) in [4.78, 5) is 6.81. The van der Waals surface area contributed by atoms with Gasteiger partial charge in [0.1, 0.15) is 0 Å².